The lowest BCUT2D eigenvalue weighted by Gasteiger charge is -2.23. The zero-order valence-electron chi connectivity index (χ0n) is 22.0. The first-order valence-electron chi connectivity index (χ1n) is 12.2. The molecule has 0 bridgehead atoms. The number of carboxylic acid groups (broad SMARTS) is 1. The van der Waals surface area contributed by atoms with Gasteiger partial charge in [-0.2, -0.15) is 0 Å². The fourth-order valence-corrected chi connectivity index (χ4v) is 4.29. The van der Waals surface area contributed by atoms with Crippen molar-refractivity contribution in [1.82, 2.24) is 0 Å². The Morgan fingerprint density at radius 3 is 2.15 bits per heavy atom. The molecule has 8 heteroatoms. The molecule has 2 amide bonds. The number of methoxy groups -OCH3 is 1. The van der Waals surface area contributed by atoms with Crippen molar-refractivity contribution in [2.45, 2.75) is 26.2 Å². The van der Waals surface area contributed by atoms with Crippen molar-refractivity contribution in [3.05, 3.63) is 101 Å². The summed E-state index contributed by atoms with van der Waals surface area (Å²) in [6, 6.07) is 24.2. The second kappa shape index (κ2) is 11.5. The molecule has 0 aliphatic carbocycles. The van der Waals surface area contributed by atoms with Crippen LogP contribution in [-0.2, 0) is 5.41 Å². The van der Waals surface area contributed by atoms with Gasteiger partial charge in [0.1, 0.15) is 17.1 Å². The number of amides is 2. The summed E-state index contributed by atoms with van der Waals surface area (Å²) in [5.41, 5.74) is 3.08. The maximum atomic E-state index is 13.0. The number of ether oxygens (including phenoxy) is 2. The summed E-state index contributed by atoms with van der Waals surface area (Å²) in [6.45, 7) is 6.29. The van der Waals surface area contributed by atoms with E-state index < -0.39 is 12.0 Å². The Morgan fingerprint density at radius 2 is 1.49 bits per heavy atom. The highest BCUT2D eigenvalue weighted by atomic mass is 35.5. The normalized spacial score (nSPS) is 11.0. The van der Waals surface area contributed by atoms with Crippen LogP contribution in [0, 0.1) is 0 Å². The van der Waals surface area contributed by atoms with Gasteiger partial charge in [0.05, 0.1) is 12.8 Å². The van der Waals surface area contributed by atoms with Crippen LogP contribution in [0.5, 0.6) is 17.2 Å². The SMILES string of the molecule is COc1ccc(-c2ccc(Oc3ccccc3C(C)(C)C)c(NC(=O)Nc3cccc(Cl)c3)c2)cc1C(=O)O. The molecule has 4 aromatic carbocycles. The minimum absolute atomic E-state index is 0.0302. The number of urea groups is 1. The number of anilines is 2. The summed E-state index contributed by atoms with van der Waals surface area (Å²) >= 11 is 6.06. The Morgan fingerprint density at radius 1 is 0.795 bits per heavy atom. The fraction of sp³-hybridized carbons (Fsp3) is 0.161. The third kappa shape index (κ3) is 6.69. The summed E-state index contributed by atoms with van der Waals surface area (Å²) in [4.78, 5) is 24.8. The first kappa shape index (κ1) is 27.5. The molecular formula is C31H29ClN2O5. The van der Waals surface area contributed by atoms with Gasteiger partial charge in [-0.1, -0.05) is 68.8 Å². The lowest BCUT2D eigenvalue weighted by molar-refractivity contribution is 0.0693. The van der Waals surface area contributed by atoms with Crippen molar-refractivity contribution in [2.24, 2.45) is 0 Å². The zero-order chi connectivity index (χ0) is 28.2. The van der Waals surface area contributed by atoms with E-state index in [-0.39, 0.29) is 16.7 Å². The minimum Gasteiger partial charge on any atom is -0.496 e. The van der Waals surface area contributed by atoms with Crippen molar-refractivity contribution in [3.8, 4) is 28.4 Å². The maximum absolute atomic E-state index is 13.0. The Hall–Kier alpha value is -4.49. The molecule has 39 heavy (non-hydrogen) atoms. The van der Waals surface area contributed by atoms with Crippen molar-refractivity contribution < 1.29 is 24.2 Å². The highest BCUT2D eigenvalue weighted by Crippen LogP contribution is 2.39. The largest absolute Gasteiger partial charge is 0.496 e. The second-order valence-electron chi connectivity index (χ2n) is 9.87. The molecule has 0 fully saturated rings. The van der Waals surface area contributed by atoms with Gasteiger partial charge in [-0.25, -0.2) is 9.59 Å². The lowest BCUT2D eigenvalue weighted by Crippen LogP contribution is -2.20. The average molecular weight is 545 g/mol. The summed E-state index contributed by atoms with van der Waals surface area (Å²) in [5.74, 6) is 0.230. The fourth-order valence-electron chi connectivity index (χ4n) is 4.10. The average Bonchev–Trinajstić information content (AvgIpc) is 2.89. The molecule has 3 N–H and O–H groups in total. The Kier molecular flexibility index (Phi) is 8.12. The van der Waals surface area contributed by atoms with Gasteiger partial charge in [0, 0.05) is 16.3 Å². The number of para-hydroxylation sites is 1. The molecule has 0 spiro atoms. The molecule has 0 saturated heterocycles. The topological polar surface area (TPSA) is 96.9 Å². The number of carbonyl (C=O) groups excluding carboxylic acids is 1. The summed E-state index contributed by atoms with van der Waals surface area (Å²) in [7, 11) is 1.42. The van der Waals surface area contributed by atoms with Gasteiger partial charge in [0.15, 0.2) is 5.75 Å². The third-order valence-corrected chi connectivity index (χ3v) is 6.22. The summed E-state index contributed by atoms with van der Waals surface area (Å²) < 4.78 is 11.5. The van der Waals surface area contributed by atoms with Crippen molar-refractivity contribution in [1.29, 1.82) is 0 Å². The Bertz CT molecular complexity index is 1530. The van der Waals surface area contributed by atoms with Crippen LogP contribution in [0.3, 0.4) is 0 Å². The molecule has 0 aromatic heterocycles. The van der Waals surface area contributed by atoms with E-state index in [9.17, 15) is 14.7 Å². The minimum atomic E-state index is -1.10. The molecule has 4 rings (SSSR count). The second-order valence-corrected chi connectivity index (χ2v) is 10.3. The van der Waals surface area contributed by atoms with E-state index in [0.29, 0.717) is 39.0 Å². The number of aromatic carboxylic acids is 1. The van der Waals surface area contributed by atoms with Crippen molar-refractivity contribution in [2.75, 3.05) is 17.7 Å². The van der Waals surface area contributed by atoms with Gasteiger partial charge < -0.3 is 25.2 Å². The Balaban J connectivity index is 1.74. The van der Waals surface area contributed by atoms with Crippen LogP contribution in [0.4, 0.5) is 16.2 Å². The zero-order valence-corrected chi connectivity index (χ0v) is 22.8. The van der Waals surface area contributed by atoms with Gasteiger partial charge >= 0.3 is 12.0 Å². The molecule has 0 unspecified atom stereocenters. The van der Waals surface area contributed by atoms with Crippen LogP contribution < -0.4 is 20.1 Å². The number of carboxylic acids is 1. The molecular weight excluding hydrogens is 516 g/mol. The van der Waals surface area contributed by atoms with E-state index in [1.807, 2.05) is 30.3 Å². The van der Waals surface area contributed by atoms with Gasteiger partial charge in [-0.15, -0.1) is 0 Å². The van der Waals surface area contributed by atoms with E-state index in [1.165, 1.54) is 13.2 Å². The Labute approximate surface area is 232 Å². The van der Waals surface area contributed by atoms with E-state index in [1.54, 1.807) is 48.5 Å². The molecule has 4 aromatic rings. The molecule has 0 atom stereocenters. The molecule has 0 saturated carbocycles. The van der Waals surface area contributed by atoms with Gasteiger partial charge in [0.25, 0.3) is 0 Å². The standard InChI is InChI=1S/C31H29ClN2O5/c1-31(2,3)24-10-5-6-11-27(24)39-28-15-13-20(19-12-14-26(38-4)23(16-19)29(35)36)17-25(28)34-30(37)33-22-9-7-8-21(32)18-22/h5-18H,1-4H3,(H,35,36)(H2,33,34,37). The number of hydrogen-bond acceptors (Lipinski definition) is 4. The quantitative estimate of drug-likeness (QED) is 0.217. The van der Waals surface area contributed by atoms with Crippen LogP contribution in [0.2, 0.25) is 5.02 Å². The highest BCUT2D eigenvalue weighted by molar-refractivity contribution is 6.30. The van der Waals surface area contributed by atoms with Crippen molar-refractivity contribution in [3.63, 3.8) is 0 Å². The van der Waals surface area contributed by atoms with E-state index >= 15 is 0 Å². The predicted molar refractivity (Wildman–Crippen MR) is 155 cm³/mol. The van der Waals surface area contributed by atoms with Crippen molar-refractivity contribution >= 4 is 35.0 Å². The number of nitrogens with one attached hydrogen (secondary N) is 2. The molecule has 0 aliphatic rings. The van der Waals surface area contributed by atoms with Crippen LogP contribution in [0.15, 0.2) is 84.9 Å². The van der Waals surface area contributed by atoms with E-state index in [4.69, 9.17) is 21.1 Å². The number of rotatable bonds is 7. The summed E-state index contributed by atoms with van der Waals surface area (Å²) in [5, 5.41) is 15.8. The number of carbonyl (C=O) groups is 2. The highest BCUT2D eigenvalue weighted by Gasteiger charge is 2.21. The number of benzene rings is 4. The summed E-state index contributed by atoms with van der Waals surface area (Å²) in [6.07, 6.45) is 0. The van der Waals surface area contributed by atoms with Crippen LogP contribution in [-0.4, -0.2) is 24.2 Å². The third-order valence-electron chi connectivity index (χ3n) is 5.99. The van der Waals surface area contributed by atoms with Gasteiger partial charge in [-0.3, -0.25) is 0 Å². The van der Waals surface area contributed by atoms with Crippen LogP contribution in [0.25, 0.3) is 11.1 Å². The molecule has 7 nitrogen and oxygen atoms in total. The molecule has 200 valence electrons. The monoisotopic (exact) mass is 544 g/mol. The number of hydrogen-bond donors (Lipinski definition) is 3. The van der Waals surface area contributed by atoms with Crippen LogP contribution >= 0.6 is 11.6 Å². The smallest absolute Gasteiger partial charge is 0.339 e. The first-order valence-corrected chi connectivity index (χ1v) is 12.6. The van der Waals surface area contributed by atoms with Gasteiger partial charge in [0.2, 0.25) is 0 Å². The number of halogens is 1. The maximum Gasteiger partial charge on any atom is 0.339 e. The van der Waals surface area contributed by atoms with E-state index in [0.717, 1.165) is 5.56 Å². The molecule has 0 heterocycles. The molecule has 0 radical (unpaired) electrons. The molecule has 0 aliphatic heterocycles. The predicted octanol–water partition coefficient (Wildman–Crippen LogP) is 8.45. The van der Waals surface area contributed by atoms with Gasteiger partial charge in [-0.05, 0) is 65.1 Å². The van der Waals surface area contributed by atoms with E-state index in [2.05, 4.69) is 31.4 Å². The van der Waals surface area contributed by atoms with Crippen LogP contribution in [0.1, 0.15) is 36.7 Å². The lowest BCUT2D eigenvalue weighted by atomic mass is 9.86. The first-order chi connectivity index (χ1) is 18.5.